The van der Waals surface area contributed by atoms with Crippen LogP contribution in [0, 0.1) is 10.5 Å². The van der Waals surface area contributed by atoms with Crippen LogP contribution in [0.15, 0.2) is 42.5 Å². The van der Waals surface area contributed by atoms with E-state index in [4.69, 9.17) is 23.8 Å². The first-order chi connectivity index (χ1) is 8.66. The van der Waals surface area contributed by atoms with Crippen LogP contribution in [0.4, 0.5) is 4.39 Å². The fraction of sp³-hybridized carbons (Fsp3) is 0. The molecule has 18 heavy (non-hydrogen) atoms. The number of hydrogen-bond acceptors (Lipinski definition) is 1. The summed E-state index contributed by atoms with van der Waals surface area (Å²) in [5, 5.41) is 1.22. The van der Waals surface area contributed by atoms with E-state index < -0.39 is 5.82 Å². The molecule has 0 N–H and O–H groups in total. The van der Waals surface area contributed by atoms with E-state index in [0.717, 1.165) is 15.7 Å². The molecule has 0 atom stereocenters. The molecule has 0 spiro atoms. The average molecular weight is 343 g/mol. The maximum absolute atomic E-state index is 13.2. The number of hydrogen-bond donors (Lipinski definition) is 0. The molecule has 1 nitrogen and oxygen atoms in total. The van der Waals surface area contributed by atoms with E-state index in [2.05, 4.69) is 6.07 Å². The fourth-order valence-corrected chi connectivity index (χ4v) is 4.65. The van der Waals surface area contributed by atoms with Gasteiger partial charge < -0.3 is 0 Å². The molecule has 0 fully saturated rings. The van der Waals surface area contributed by atoms with Gasteiger partial charge in [0.1, 0.15) is 0 Å². The Hall–Kier alpha value is -0.931. The first kappa shape index (κ1) is 12.1. The molecule has 1 heterocycles. The second-order valence-electron chi connectivity index (χ2n) is 3.79. The Morgan fingerprint density at radius 3 is 2.67 bits per heavy atom. The van der Waals surface area contributed by atoms with Gasteiger partial charge in [0.25, 0.3) is 0 Å². The molecule has 0 unspecified atom stereocenters. The van der Waals surface area contributed by atoms with Crippen LogP contribution in [0.25, 0.3) is 15.3 Å². The Morgan fingerprint density at radius 1 is 1.17 bits per heavy atom. The van der Waals surface area contributed by atoms with Crippen molar-refractivity contribution in [3.8, 4) is 5.69 Å². The van der Waals surface area contributed by atoms with Gasteiger partial charge in [0.15, 0.2) is 0 Å². The summed E-state index contributed by atoms with van der Waals surface area (Å²) in [6.07, 6.45) is 0. The van der Waals surface area contributed by atoms with E-state index >= 15 is 0 Å². The van der Waals surface area contributed by atoms with Gasteiger partial charge in [-0.1, -0.05) is 0 Å². The molecule has 1 aromatic heterocycles. The van der Waals surface area contributed by atoms with Crippen molar-refractivity contribution in [2.75, 3.05) is 0 Å². The molecule has 3 aromatic rings. The Labute approximate surface area is 119 Å². The SMILES string of the molecule is Fc1ccc(-n2[se]c3ccccc3c2=S)cc1Cl. The molecule has 0 amide bonds. The van der Waals surface area contributed by atoms with E-state index in [0.29, 0.717) is 0 Å². The predicted molar refractivity (Wildman–Crippen MR) is 76.0 cm³/mol. The second-order valence-corrected chi connectivity index (χ2v) is 6.65. The summed E-state index contributed by atoms with van der Waals surface area (Å²) in [5.41, 5.74) is 0.850. The molecular weight excluding hydrogens is 336 g/mol. The van der Waals surface area contributed by atoms with Gasteiger partial charge in [-0.05, 0) is 0 Å². The number of nitrogens with zero attached hydrogens (tertiary/aromatic N) is 1. The van der Waals surface area contributed by atoms with Gasteiger partial charge in [0.2, 0.25) is 0 Å². The molecule has 0 aliphatic heterocycles. The number of rotatable bonds is 1. The van der Waals surface area contributed by atoms with Gasteiger partial charge in [-0.2, -0.15) is 0 Å². The maximum atomic E-state index is 13.2. The third-order valence-corrected chi connectivity index (χ3v) is 5.95. The number of aromatic nitrogens is 1. The van der Waals surface area contributed by atoms with Crippen LogP contribution in [-0.4, -0.2) is 18.3 Å². The van der Waals surface area contributed by atoms with Crippen molar-refractivity contribution in [1.29, 1.82) is 0 Å². The van der Waals surface area contributed by atoms with Crippen LogP contribution in [0.5, 0.6) is 0 Å². The van der Waals surface area contributed by atoms with Crippen LogP contribution >= 0.6 is 23.8 Å². The summed E-state index contributed by atoms with van der Waals surface area (Å²) in [6.45, 7) is 0. The first-order valence-electron chi connectivity index (χ1n) is 5.23. The quantitative estimate of drug-likeness (QED) is 0.474. The Morgan fingerprint density at radius 2 is 1.94 bits per heavy atom. The van der Waals surface area contributed by atoms with Crippen molar-refractivity contribution >= 4 is 48.2 Å². The van der Waals surface area contributed by atoms with Crippen LogP contribution < -0.4 is 0 Å². The molecular formula is C13H7ClFNSSe. The van der Waals surface area contributed by atoms with Crippen LogP contribution in [0.3, 0.4) is 0 Å². The molecule has 0 aliphatic carbocycles. The average Bonchev–Trinajstić information content (AvgIpc) is 2.71. The third-order valence-electron chi connectivity index (χ3n) is 2.63. The van der Waals surface area contributed by atoms with Gasteiger partial charge in [0, 0.05) is 0 Å². The molecule has 0 bridgehead atoms. The fourth-order valence-electron chi connectivity index (χ4n) is 1.75. The van der Waals surface area contributed by atoms with Gasteiger partial charge in [-0.15, -0.1) is 0 Å². The zero-order valence-corrected chi connectivity index (χ0v) is 12.3. The van der Waals surface area contributed by atoms with E-state index in [9.17, 15) is 4.39 Å². The van der Waals surface area contributed by atoms with Crippen molar-refractivity contribution in [3.63, 3.8) is 0 Å². The monoisotopic (exact) mass is 343 g/mol. The normalized spacial score (nSPS) is 11.0. The van der Waals surface area contributed by atoms with Crippen molar-refractivity contribution in [1.82, 2.24) is 3.56 Å². The van der Waals surface area contributed by atoms with Crippen LogP contribution in [0.1, 0.15) is 0 Å². The zero-order valence-electron chi connectivity index (χ0n) is 9.06. The summed E-state index contributed by atoms with van der Waals surface area (Å²) in [4.78, 5) is 0. The van der Waals surface area contributed by atoms with Gasteiger partial charge in [0.05, 0.1) is 0 Å². The molecule has 0 aliphatic rings. The zero-order chi connectivity index (χ0) is 12.7. The van der Waals surface area contributed by atoms with Gasteiger partial charge >= 0.3 is 120 Å². The molecule has 0 saturated carbocycles. The minimum atomic E-state index is -0.407. The van der Waals surface area contributed by atoms with Gasteiger partial charge in [-0.3, -0.25) is 0 Å². The number of halogens is 2. The standard InChI is InChI=1S/C13H7ClFNSSe/c14-10-7-8(5-6-11(10)15)16-13(17)9-3-1-2-4-12(9)18-16/h1-7H. The number of fused-ring (bicyclic) bond motifs is 1. The third kappa shape index (κ3) is 1.95. The van der Waals surface area contributed by atoms with E-state index in [1.165, 1.54) is 10.3 Å². The van der Waals surface area contributed by atoms with Crippen molar-refractivity contribution < 1.29 is 4.39 Å². The topological polar surface area (TPSA) is 4.93 Å². The molecule has 3 rings (SSSR count). The Bertz CT molecular complexity index is 793. The molecule has 2 aromatic carbocycles. The molecule has 0 radical (unpaired) electrons. The predicted octanol–water partition coefficient (Wildman–Crippen LogP) is 4.21. The van der Waals surface area contributed by atoms with Crippen molar-refractivity contribution in [2.24, 2.45) is 0 Å². The van der Waals surface area contributed by atoms with Gasteiger partial charge in [-0.25, -0.2) is 0 Å². The molecule has 0 saturated heterocycles. The summed E-state index contributed by atoms with van der Waals surface area (Å²) >= 11 is 11.4. The summed E-state index contributed by atoms with van der Waals surface area (Å²) in [6, 6.07) is 12.8. The first-order valence-corrected chi connectivity index (χ1v) is 7.64. The minimum absolute atomic E-state index is 0.0921. The summed E-state index contributed by atoms with van der Waals surface area (Å²) < 4.78 is 17.2. The van der Waals surface area contributed by atoms with E-state index in [-0.39, 0.29) is 19.8 Å². The van der Waals surface area contributed by atoms with Crippen molar-refractivity contribution in [3.05, 3.63) is 57.9 Å². The van der Waals surface area contributed by atoms with Crippen LogP contribution in [0.2, 0.25) is 5.02 Å². The summed E-state index contributed by atoms with van der Waals surface area (Å²) in [5.74, 6) is -0.407. The molecule has 5 heteroatoms. The van der Waals surface area contributed by atoms with Crippen molar-refractivity contribution in [2.45, 2.75) is 0 Å². The molecule has 90 valence electrons. The van der Waals surface area contributed by atoms with Crippen LogP contribution in [-0.2, 0) is 0 Å². The second kappa shape index (κ2) is 4.63. The Kier molecular flexibility index (Phi) is 3.12. The Balaban J connectivity index is 2.28. The van der Waals surface area contributed by atoms with E-state index in [1.54, 1.807) is 12.1 Å². The summed E-state index contributed by atoms with van der Waals surface area (Å²) in [7, 11) is 0. The number of benzene rings is 2. The van der Waals surface area contributed by atoms with E-state index in [1.807, 2.05) is 21.8 Å².